The zero-order chi connectivity index (χ0) is 12.8. The smallest absolute Gasteiger partial charge is 0.333 e. The van der Waals surface area contributed by atoms with Gasteiger partial charge in [0.25, 0.3) is 0 Å². The van der Waals surface area contributed by atoms with Gasteiger partial charge in [0.15, 0.2) is 0 Å². The van der Waals surface area contributed by atoms with E-state index >= 15 is 0 Å². The average molecular weight is 242 g/mol. The van der Waals surface area contributed by atoms with E-state index in [1.54, 1.807) is 6.92 Å². The molecule has 16 heavy (non-hydrogen) atoms. The van der Waals surface area contributed by atoms with Gasteiger partial charge in [0.2, 0.25) is 0 Å². The highest BCUT2D eigenvalue weighted by Crippen LogP contribution is 2.28. The van der Waals surface area contributed by atoms with Crippen molar-refractivity contribution in [3.8, 4) is 0 Å². The second kappa shape index (κ2) is 6.89. The lowest BCUT2D eigenvalue weighted by Gasteiger charge is -2.34. The van der Waals surface area contributed by atoms with Crippen LogP contribution in [-0.4, -0.2) is 19.8 Å². The molecule has 0 aromatic carbocycles. The van der Waals surface area contributed by atoms with E-state index in [2.05, 4.69) is 34.3 Å². The standard InChI is InChI=1S/C13H26O2Si/c1-7-10-16(8-2,9-3)12(6)15-13(14)11(4)5/h12H,4,7-10H2,1-3,5-6H3. The summed E-state index contributed by atoms with van der Waals surface area (Å²) in [4.78, 5) is 11.5. The van der Waals surface area contributed by atoms with Gasteiger partial charge in [-0.1, -0.05) is 51.9 Å². The van der Waals surface area contributed by atoms with E-state index in [0.717, 1.165) is 0 Å². The molecule has 0 aliphatic heterocycles. The third kappa shape index (κ3) is 3.78. The summed E-state index contributed by atoms with van der Waals surface area (Å²) in [6, 6.07) is 3.61. The highest BCUT2D eigenvalue weighted by atomic mass is 28.3. The summed E-state index contributed by atoms with van der Waals surface area (Å²) in [6.45, 7) is 14.1. The third-order valence-electron chi connectivity index (χ3n) is 3.65. The van der Waals surface area contributed by atoms with Crippen LogP contribution in [0, 0.1) is 0 Å². The van der Waals surface area contributed by atoms with Gasteiger partial charge in [-0.2, -0.15) is 0 Å². The van der Waals surface area contributed by atoms with Gasteiger partial charge in [0.05, 0.1) is 5.73 Å². The predicted octanol–water partition coefficient (Wildman–Crippen LogP) is 3.93. The van der Waals surface area contributed by atoms with E-state index in [9.17, 15) is 4.79 Å². The van der Waals surface area contributed by atoms with Crippen LogP contribution in [0.2, 0.25) is 18.1 Å². The number of hydrogen-bond donors (Lipinski definition) is 0. The van der Waals surface area contributed by atoms with E-state index in [1.165, 1.54) is 24.6 Å². The minimum absolute atomic E-state index is 0.103. The molecule has 0 aromatic heterocycles. The molecule has 94 valence electrons. The van der Waals surface area contributed by atoms with Crippen LogP contribution < -0.4 is 0 Å². The molecule has 0 radical (unpaired) electrons. The molecule has 2 nitrogen and oxygen atoms in total. The zero-order valence-electron chi connectivity index (χ0n) is 11.4. The second-order valence-corrected chi connectivity index (χ2v) is 10.1. The van der Waals surface area contributed by atoms with Gasteiger partial charge >= 0.3 is 5.97 Å². The molecule has 0 spiro atoms. The van der Waals surface area contributed by atoms with Crippen molar-refractivity contribution in [1.82, 2.24) is 0 Å². The molecular formula is C13H26O2Si. The summed E-state index contributed by atoms with van der Waals surface area (Å²) < 4.78 is 5.53. The molecule has 0 aliphatic carbocycles. The van der Waals surface area contributed by atoms with Crippen molar-refractivity contribution >= 4 is 14.0 Å². The lowest BCUT2D eigenvalue weighted by atomic mass is 10.4. The monoisotopic (exact) mass is 242 g/mol. The van der Waals surface area contributed by atoms with Crippen LogP contribution in [0.5, 0.6) is 0 Å². The van der Waals surface area contributed by atoms with Crippen molar-refractivity contribution in [3.05, 3.63) is 12.2 Å². The Balaban J connectivity index is 4.67. The lowest BCUT2D eigenvalue weighted by molar-refractivity contribution is -0.140. The molecule has 1 unspecified atom stereocenters. The van der Waals surface area contributed by atoms with Crippen molar-refractivity contribution in [2.24, 2.45) is 0 Å². The molecule has 0 aromatic rings. The van der Waals surface area contributed by atoms with Gasteiger partial charge in [0.1, 0.15) is 8.07 Å². The summed E-state index contributed by atoms with van der Waals surface area (Å²) in [5, 5.41) is 0. The first kappa shape index (κ1) is 15.4. The predicted molar refractivity (Wildman–Crippen MR) is 72.2 cm³/mol. The van der Waals surface area contributed by atoms with Crippen molar-refractivity contribution in [2.45, 2.75) is 64.9 Å². The fourth-order valence-corrected chi connectivity index (χ4v) is 6.38. The molecule has 0 N–H and O–H groups in total. The van der Waals surface area contributed by atoms with Gasteiger partial charge in [-0.3, -0.25) is 0 Å². The largest absolute Gasteiger partial charge is 0.463 e. The maximum Gasteiger partial charge on any atom is 0.333 e. The molecule has 0 saturated heterocycles. The summed E-state index contributed by atoms with van der Waals surface area (Å²) in [5.74, 6) is -0.234. The number of rotatable bonds is 7. The molecule has 0 bridgehead atoms. The molecule has 3 heteroatoms. The molecule has 0 saturated carbocycles. The van der Waals surface area contributed by atoms with Crippen molar-refractivity contribution in [1.29, 1.82) is 0 Å². The van der Waals surface area contributed by atoms with Gasteiger partial charge in [-0.15, -0.1) is 0 Å². The highest BCUT2D eigenvalue weighted by Gasteiger charge is 2.37. The normalized spacial score (nSPS) is 13.3. The summed E-state index contributed by atoms with van der Waals surface area (Å²) in [6.07, 6.45) is 1.18. The average Bonchev–Trinajstić information content (AvgIpc) is 2.25. The number of esters is 1. The SMILES string of the molecule is C=C(C)C(=O)OC(C)[Si](CC)(CC)CCC. The van der Waals surface area contributed by atoms with E-state index < -0.39 is 8.07 Å². The number of carbonyl (C=O) groups excluding carboxylic acids is 1. The first-order valence-electron chi connectivity index (χ1n) is 6.30. The van der Waals surface area contributed by atoms with Crippen molar-refractivity contribution in [3.63, 3.8) is 0 Å². The molecule has 1 atom stereocenters. The minimum atomic E-state index is -1.44. The van der Waals surface area contributed by atoms with Gasteiger partial charge in [-0.25, -0.2) is 4.79 Å². The summed E-state index contributed by atoms with van der Waals surface area (Å²) in [7, 11) is -1.44. The Labute approximate surface area is 101 Å². The molecule has 0 aliphatic rings. The number of hydrogen-bond acceptors (Lipinski definition) is 2. The van der Waals surface area contributed by atoms with Crippen LogP contribution in [0.1, 0.15) is 41.0 Å². The third-order valence-corrected chi connectivity index (χ3v) is 9.81. The van der Waals surface area contributed by atoms with E-state index in [-0.39, 0.29) is 11.7 Å². The fraction of sp³-hybridized carbons (Fsp3) is 0.769. The Morgan fingerprint density at radius 2 is 1.81 bits per heavy atom. The Morgan fingerprint density at radius 3 is 2.12 bits per heavy atom. The van der Waals surface area contributed by atoms with Crippen molar-refractivity contribution in [2.75, 3.05) is 0 Å². The molecule has 0 rings (SSSR count). The maximum absolute atomic E-state index is 11.5. The van der Waals surface area contributed by atoms with E-state index in [0.29, 0.717) is 5.57 Å². The zero-order valence-corrected chi connectivity index (χ0v) is 12.4. The van der Waals surface area contributed by atoms with Gasteiger partial charge < -0.3 is 4.74 Å². The highest BCUT2D eigenvalue weighted by molar-refractivity contribution is 6.81. The van der Waals surface area contributed by atoms with Crippen LogP contribution in [0.25, 0.3) is 0 Å². The maximum atomic E-state index is 11.5. The summed E-state index contributed by atoms with van der Waals surface area (Å²) in [5.41, 5.74) is 0.602. The Kier molecular flexibility index (Phi) is 6.64. The molecule has 0 amide bonds. The Morgan fingerprint density at radius 1 is 1.31 bits per heavy atom. The molecular weight excluding hydrogens is 216 g/mol. The van der Waals surface area contributed by atoms with Crippen LogP contribution in [0.15, 0.2) is 12.2 Å². The Bertz CT molecular complexity index is 244. The van der Waals surface area contributed by atoms with Crippen LogP contribution in [-0.2, 0) is 9.53 Å². The van der Waals surface area contributed by atoms with Crippen LogP contribution in [0.3, 0.4) is 0 Å². The molecule has 0 heterocycles. The lowest BCUT2D eigenvalue weighted by Crippen LogP contribution is -2.47. The van der Waals surface area contributed by atoms with Gasteiger partial charge in [-0.05, 0) is 13.8 Å². The Hall–Kier alpha value is -0.573. The number of carbonyl (C=O) groups is 1. The number of ether oxygens (including phenoxy) is 1. The quantitative estimate of drug-likeness (QED) is 0.384. The fourth-order valence-electron chi connectivity index (χ4n) is 2.27. The first-order chi connectivity index (χ1) is 7.43. The van der Waals surface area contributed by atoms with Gasteiger partial charge in [0, 0.05) is 5.57 Å². The second-order valence-electron chi connectivity index (χ2n) is 4.65. The van der Waals surface area contributed by atoms with Crippen LogP contribution in [0.4, 0.5) is 0 Å². The topological polar surface area (TPSA) is 26.3 Å². The van der Waals surface area contributed by atoms with Crippen molar-refractivity contribution < 1.29 is 9.53 Å². The molecule has 0 fully saturated rings. The van der Waals surface area contributed by atoms with E-state index in [1.807, 2.05) is 0 Å². The minimum Gasteiger partial charge on any atom is -0.463 e. The summed E-state index contributed by atoms with van der Waals surface area (Å²) >= 11 is 0. The first-order valence-corrected chi connectivity index (χ1v) is 8.99. The van der Waals surface area contributed by atoms with Crippen LogP contribution >= 0.6 is 0 Å². The van der Waals surface area contributed by atoms with E-state index in [4.69, 9.17) is 4.74 Å².